The first-order valence-electron chi connectivity index (χ1n) is 8.51. The number of amides is 1. The second-order valence-corrected chi connectivity index (χ2v) is 7.13. The molecule has 0 fully saturated rings. The zero-order valence-corrected chi connectivity index (χ0v) is 17.0. The van der Waals surface area contributed by atoms with Gasteiger partial charge in [0, 0.05) is 27.8 Å². The van der Waals surface area contributed by atoms with Crippen LogP contribution < -0.4 is 5.32 Å². The van der Waals surface area contributed by atoms with Gasteiger partial charge in [0.15, 0.2) is 0 Å². The van der Waals surface area contributed by atoms with Gasteiger partial charge in [0.05, 0.1) is 4.92 Å². The monoisotopic (exact) mass is 441 g/mol. The Labute approximate surface area is 181 Å². The van der Waals surface area contributed by atoms with Crippen molar-refractivity contribution >= 4 is 46.6 Å². The number of nitro benzene ring substituents is 1. The highest BCUT2D eigenvalue weighted by Gasteiger charge is 2.18. The van der Waals surface area contributed by atoms with E-state index in [1.807, 2.05) is 0 Å². The van der Waals surface area contributed by atoms with Crippen molar-refractivity contribution in [1.82, 2.24) is 0 Å². The SMILES string of the molecule is Cc1ccc(NC(=O)/C(C#N)=C/c2ccc(-c3cc(Cl)cc(Cl)c3)o2)c([N+](=O)[O-])c1. The molecule has 1 aromatic heterocycles. The van der Waals surface area contributed by atoms with Crippen molar-refractivity contribution in [2.24, 2.45) is 0 Å². The minimum Gasteiger partial charge on any atom is -0.457 e. The van der Waals surface area contributed by atoms with Crippen molar-refractivity contribution in [2.75, 3.05) is 5.32 Å². The van der Waals surface area contributed by atoms with Gasteiger partial charge in [0.25, 0.3) is 11.6 Å². The summed E-state index contributed by atoms with van der Waals surface area (Å²) in [5.41, 5.74) is 0.740. The Bertz CT molecular complexity index is 1200. The van der Waals surface area contributed by atoms with Crippen molar-refractivity contribution in [3.05, 3.63) is 85.6 Å². The van der Waals surface area contributed by atoms with E-state index in [0.717, 1.165) is 0 Å². The molecule has 7 nitrogen and oxygen atoms in total. The van der Waals surface area contributed by atoms with E-state index in [1.165, 1.54) is 18.2 Å². The third-order valence-electron chi connectivity index (χ3n) is 4.02. The van der Waals surface area contributed by atoms with Crippen molar-refractivity contribution in [3.8, 4) is 17.4 Å². The highest BCUT2D eigenvalue weighted by molar-refractivity contribution is 6.35. The van der Waals surface area contributed by atoms with E-state index < -0.39 is 10.8 Å². The first-order chi connectivity index (χ1) is 14.3. The number of hydrogen-bond acceptors (Lipinski definition) is 5. The lowest BCUT2D eigenvalue weighted by Gasteiger charge is -2.06. The first kappa shape index (κ1) is 21.1. The minimum absolute atomic E-state index is 0.00884. The molecule has 0 aliphatic rings. The van der Waals surface area contributed by atoms with Gasteiger partial charge in [0.2, 0.25) is 0 Å². The topological polar surface area (TPSA) is 109 Å². The number of nitriles is 1. The summed E-state index contributed by atoms with van der Waals surface area (Å²) in [7, 11) is 0. The van der Waals surface area contributed by atoms with Crippen LogP contribution >= 0.6 is 23.2 Å². The smallest absolute Gasteiger partial charge is 0.293 e. The largest absolute Gasteiger partial charge is 0.457 e. The zero-order valence-electron chi connectivity index (χ0n) is 15.5. The van der Waals surface area contributed by atoms with Crippen LogP contribution in [0.4, 0.5) is 11.4 Å². The van der Waals surface area contributed by atoms with Gasteiger partial charge in [-0.05, 0) is 48.9 Å². The summed E-state index contributed by atoms with van der Waals surface area (Å²) < 4.78 is 5.66. The lowest BCUT2D eigenvalue weighted by atomic mass is 10.1. The molecular weight excluding hydrogens is 429 g/mol. The van der Waals surface area contributed by atoms with Gasteiger partial charge in [-0.25, -0.2) is 0 Å². The molecule has 0 spiro atoms. The quantitative estimate of drug-likeness (QED) is 0.225. The number of nitrogens with one attached hydrogen (secondary N) is 1. The summed E-state index contributed by atoms with van der Waals surface area (Å²) in [6.45, 7) is 1.70. The molecule has 0 saturated carbocycles. The van der Waals surface area contributed by atoms with Crippen LogP contribution in [0.3, 0.4) is 0 Å². The van der Waals surface area contributed by atoms with Gasteiger partial charge < -0.3 is 9.73 Å². The van der Waals surface area contributed by atoms with E-state index in [-0.39, 0.29) is 22.7 Å². The Morgan fingerprint density at radius 3 is 2.50 bits per heavy atom. The molecule has 30 heavy (non-hydrogen) atoms. The molecule has 1 N–H and O–H groups in total. The molecule has 0 bridgehead atoms. The lowest BCUT2D eigenvalue weighted by molar-refractivity contribution is -0.384. The van der Waals surface area contributed by atoms with Crippen LogP contribution in [0, 0.1) is 28.4 Å². The highest BCUT2D eigenvalue weighted by Crippen LogP contribution is 2.30. The maximum atomic E-state index is 12.5. The molecule has 1 heterocycles. The van der Waals surface area contributed by atoms with Crippen LogP contribution in [0.5, 0.6) is 0 Å². The van der Waals surface area contributed by atoms with Crippen LogP contribution in [0.2, 0.25) is 10.0 Å². The van der Waals surface area contributed by atoms with Crippen LogP contribution in [-0.4, -0.2) is 10.8 Å². The molecule has 1 amide bonds. The molecule has 3 aromatic rings. The molecule has 150 valence electrons. The van der Waals surface area contributed by atoms with E-state index in [4.69, 9.17) is 27.6 Å². The average molecular weight is 442 g/mol. The molecule has 2 aromatic carbocycles. The molecular formula is C21H13Cl2N3O4. The van der Waals surface area contributed by atoms with E-state index in [1.54, 1.807) is 49.4 Å². The summed E-state index contributed by atoms with van der Waals surface area (Å²) in [5.74, 6) is -0.114. The van der Waals surface area contributed by atoms with Crippen LogP contribution in [0.15, 0.2) is 58.5 Å². The zero-order chi connectivity index (χ0) is 21.8. The van der Waals surface area contributed by atoms with Gasteiger partial charge in [-0.3, -0.25) is 14.9 Å². The number of nitro groups is 1. The summed E-state index contributed by atoms with van der Waals surface area (Å²) in [4.78, 5) is 23.1. The Morgan fingerprint density at radius 1 is 1.17 bits per heavy atom. The summed E-state index contributed by atoms with van der Waals surface area (Å²) in [6, 6.07) is 14.3. The fourth-order valence-electron chi connectivity index (χ4n) is 2.66. The number of anilines is 1. The molecule has 3 rings (SSSR count). The number of halogens is 2. The fraction of sp³-hybridized carbons (Fsp3) is 0.0476. The van der Waals surface area contributed by atoms with E-state index in [0.29, 0.717) is 26.9 Å². The number of carbonyl (C=O) groups excluding carboxylic acids is 1. The third-order valence-corrected chi connectivity index (χ3v) is 4.46. The van der Waals surface area contributed by atoms with Gasteiger partial charge >= 0.3 is 0 Å². The van der Waals surface area contributed by atoms with Gasteiger partial charge in [-0.2, -0.15) is 5.26 Å². The van der Waals surface area contributed by atoms with Crippen LogP contribution in [0.1, 0.15) is 11.3 Å². The van der Waals surface area contributed by atoms with E-state index in [2.05, 4.69) is 5.32 Å². The highest BCUT2D eigenvalue weighted by atomic mass is 35.5. The molecule has 0 radical (unpaired) electrons. The minimum atomic E-state index is -0.798. The number of hydrogen-bond donors (Lipinski definition) is 1. The maximum absolute atomic E-state index is 12.5. The predicted molar refractivity (Wildman–Crippen MR) is 114 cm³/mol. The number of benzene rings is 2. The Morgan fingerprint density at radius 2 is 1.87 bits per heavy atom. The van der Waals surface area contributed by atoms with Gasteiger partial charge in [0.1, 0.15) is 28.9 Å². The second-order valence-electron chi connectivity index (χ2n) is 6.26. The normalized spacial score (nSPS) is 11.1. The molecule has 0 unspecified atom stereocenters. The summed E-state index contributed by atoms with van der Waals surface area (Å²) in [6.07, 6.45) is 1.24. The van der Waals surface area contributed by atoms with E-state index >= 15 is 0 Å². The molecule has 0 saturated heterocycles. The Kier molecular flexibility index (Phi) is 6.21. The van der Waals surface area contributed by atoms with Crippen molar-refractivity contribution < 1.29 is 14.1 Å². The molecule has 0 aliphatic carbocycles. The number of nitrogens with zero attached hydrogens (tertiary/aromatic N) is 2. The summed E-state index contributed by atoms with van der Waals surface area (Å²) in [5, 5.41) is 23.8. The van der Waals surface area contributed by atoms with Crippen molar-refractivity contribution in [1.29, 1.82) is 5.26 Å². The molecule has 0 atom stereocenters. The summed E-state index contributed by atoms with van der Waals surface area (Å²) >= 11 is 12.0. The standard InChI is InChI=1S/C21H13Cl2N3O4/c1-12-2-4-18(19(6-12)26(28)29)25-21(27)14(11-24)9-17-3-5-20(30-17)13-7-15(22)10-16(23)8-13/h2-10H,1H3,(H,25,27)/b14-9+. The van der Waals surface area contributed by atoms with Gasteiger partial charge in [-0.1, -0.05) is 29.3 Å². The first-order valence-corrected chi connectivity index (χ1v) is 9.27. The van der Waals surface area contributed by atoms with Crippen LogP contribution in [0.25, 0.3) is 17.4 Å². The lowest BCUT2D eigenvalue weighted by Crippen LogP contribution is -2.14. The Balaban J connectivity index is 1.86. The van der Waals surface area contributed by atoms with Crippen molar-refractivity contribution in [3.63, 3.8) is 0 Å². The second kappa shape index (κ2) is 8.82. The van der Waals surface area contributed by atoms with Crippen LogP contribution in [-0.2, 0) is 4.79 Å². The van der Waals surface area contributed by atoms with E-state index in [9.17, 15) is 20.2 Å². The number of aryl methyl sites for hydroxylation is 1. The fourth-order valence-corrected chi connectivity index (χ4v) is 3.19. The number of furan rings is 1. The maximum Gasteiger partial charge on any atom is 0.293 e. The average Bonchev–Trinajstić information content (AvgIpc) is 3.15. The van der Waals surface area contributed by atoms with Gasteiger partial charge in [-0.15, -0.1) is 0 Å². The molecule has 0 aliphatic heterocycles. The molecule has 9 heteroatoms. The number of rotatable bonds is 5. The number of carbonyl (C=O) groups is 1. The van der Waals surface area contributed by atoms with Crippen molar-refractivity contribution in [2.45, 2.75) is 6.92 Å². The third kappa shape index (κ3) is 4.87. The Hall–Kier alpha value is -3.60. The predicted octanol–water partition coefficient (Wildman–Crippen LogP) is 6.02.